The normalized spacial score (nSPS) is 15.6. The van der Waals surface area contributed by atoms with Crippen molar-refractivity contribution in [3.05, 3.63) is 23.0 Å². The van der Waals surface area contributed by atoms with Crippen LogP contribution in [0.5, 0.6) is 0 Å². The van der Waals surface area contributed by atoms with Crippen molar-refractivity contribution in [1.29, 1.82) is 0 Å². The van der Waals surface area contributed by atoms with E-state index >= 15 is 0 Å². The van der Waals surface area contributed by atoms with E-state index in [1.807, 2.05) is 26.8 Å². The lowest BCUT2D eigenvalue weighted by Crippen LogP contribution is -2.39. The molecule has 2 rings (SSSR count). The maximum Gasteiger partial charge on any atom is 0.242 e. The molecule has 108 valence electrons. The van der Waals surface area contributed by atoms with Crippen LogP contribution in [0, 0.1) is 13.8 Å². The summed E-state index contributed by atoms with van der Waals surface area (Å²) in [6.45, 7) is 5.59. The van der Waals surface area contributed by atoms with Crippen LogP contribution in [0.15, 0.2) is 6.07 Å². The molecule has 1 aromatic rings. The Morgan fingerprint density at radius 2 is 2.15 bits per heavy atom. The standard InChI is InChI=1S/C14H20N4OS/c1-7-6-11(12(13(15)20)8(2)16-7)17-9(3)14(19)18-10-4-5-10/h6,9-10H,4-5H2,1-3H3,(H2,15,20)(H,16,17)(H,18,19). The van der Waals surface area contributed by atoms with Crippen LogP contribution in [0.3, 0.4) is 0 Å². The summed E-state index contributed by atoms with van der Waals surface area (Å²) in [6.07, 6.45) is 2.15. The van der Waals surface area contributed by atoms with Crippen LogP contribution in [0.1, 0.15) is 36.7 Å². The molecule has 4 N–H and O–H groups in total. The van der Waals surface area contributed by atoms with Crippen molar-refractivity contribution in [3.63, 3.8) is 0 Å². The van der Waals surface area contributed by atoms with E-state index in [0.29, 0.717) is 11.6 Å². The number of aromatic nitrogens is 1. The van der Waals surface area contributed by atoms with E-state index in [1.165, 1.54) is 0 Å². The summed E-state index contributed by atoms with van der Waals surface area (Å²) in [7, 11) is 0. The number of carbonyl (C=O) groups excluding carboxylic acids is 1. The van der Waals surface area contributed by atoms with Crippen molar-refractivity contribution in [3.8, 4) is 0 Å². The lowest BCUT2D eigenvalue weighted by Gasteiger charge is -2.19. The number of carbonyl (C=O) groups is 1. The highest BCUT2D eigenvalue weighted by molar-refractivity contribution is 7.80. The largest absolute Gasteiger partial charge is 0.389 e. The summed E-state index contributed by atoms with van der Waals surface area (Å²) < 4.78 is 0. The van der Waals surface area contributed by atoms with Gasteiger partial charge in [-0.1, -0.05) is 12.2 Å². The van der Waals surface area contributed by atoms with Gasteiger partial charge in [0.25, 0.3) is 0 Å². The molecule has 1 heterocycles. The number of nitrogens with zero attached hydrogens (tertiary/aromatic N) is 1. The smallest absolute Gasteiger partial charge is 0.242 e. The predicted octanol–water partition coefficient (Wildman–Crippen LogP) is 1.41. The second-order valence-electron chi connectivity index (χ2n) is 5.28. The maximum absolute atomic E-state index is 12.0. The Labute approximate surface area is 124 Å². The number of amides is 1. The van der Waals surface area contributed by atoms with E-state index < -0.39 is 0 Å². The molecular weight excluding hydrogens is 272 g/mol. The average molecular weight is 292 g/mol. The minimum Gasteiger partial charge on any atom is -0.389 e. The fraction of sp³-hybridized carbons (Fsp3) is 0.500. The first-order chi connectivity index (χ1) is 9.38. The van der Waals surface area contributed by atoms with Gasteiger partial charge in [-0.25, -0.2) is 0 Å². The fourth-order valence-electron chi connectivity index (χ4n) is 2.11. The van der Waals surface area contributed by atoms with Gasteiger partial charge in [-0.3, -0.25) is 9.78 Å². The van der Waals surface area contributed by atoms with Gasteiger partial charge in [-0.05, 0) is 39.7 Å². The number of hydrogen-bond acceptors (Lipinski definition) is 4. The van der Waals surface area contributed by atoms with Gasteiger partial charge >= 0.3 is 0 Å². The second-order valence-corrected chi connectivity index (χ2v) is 5.72. The van der Waals surface area contributed by atoms with Crippen LogP contribution in [0.25, 0.3) is 0 Å². The van der Waals surface area contributed by atoms with Gasteiger partial charge in [0.15, 0.2) is 0 Å². The second kappa shape index (κ2) is 5.75. The summed E-state index contributed by atoms with van der Waals surface area (Å²) in [5.74, 6) is -0.00601. The van der Waals surface area contributed by atoms with E-state index in [2.05, 4.69) is 15.6 Å². The number of nitrogens with two attached hydrogens (primary N) is 1. The molecule has 1 fully saturated rings. The minimum absolute atomic E-state index is 0.00601. The van der Waals surface area contributed by atoms with Gasteiger partial charge in [-0.2, -0.15) is 0 Å². The summed E-state index contributed by atoms with van der Waals surface area (Å²) in [4.78, 5) is 16.6. The number of pyridine rings is 1. The van der Waals surface area contributed by atoms with Crippen molar-refractivity contribution in [2.45, 2.75) is 45.7 Å². The molecular formula is C14H20N4OS. The topological polar surface area (TPSA) is 80.0 Å². The molecule has 1 unspecified atom stereocenters. The van der Waals surface area contributed by atoms with E-state index in [1.54, 1.807) is 0 Å². The molecule has 6 heteroatoms. The van der Waals surface area contributed by atoms with E-state index in [9.17, 15) is 4.79 Å². The third-order valence-corrected chi connectivity index (χ3v) is 3.47. The van der Waals surface area contributed by atoms with Crippen molar-refractivity contribution in [2.24, 2.45) is 5.73 Å². The number of anilines is 1. The SMILES string of the molecule is Cc1cc(NC(C)C(=O)NC2CC2)c(C(N)=S)c(C)n1. The van der Waals surface area contributed by atoms with Crippen LogP contribution in [-0.4, -0.2) is 28.0 Å². The monoisotopic (exact) mass is 292 g/mol. The first-order valence-corrected chi connectivity index (χ1v) is 7.14. The van der Waals surface area contributed by atoms with Crippen LogP contribution in [-0.2, 0) is 4.79 Å². The summed E-state index contributed by atoms with van der Waals surface area (Å²) >= 11 is 5.08. The van der Waals surface area contributed by atoms with E-state index in [0.717, 1.165) is 29.9 Å². The number of rotatable bonds is 5. The van der Waals surface area contributed by atoms with Crippen molar-refractivity contribution in [1.82, 2.24) is 10.3 Å². The number of nitrogens with one attached hydrogen (secondary N) is 2. The van der Waals surface area contributed by atoms with Gasteiger partial charge in [0.2, 0.25) is 5.91 Å². The van der Waals surface area contributed by atoms with Crippen molar-refractivity contribution < 1.29 is 4.79 Å². The Morgan fingerprint density at radius 3 is 2.70 bits per heavy atom. The molecule has 5 nitrogen and oxygen atoms in total. The third-order valence-electron chi connectivity index (χ3n) is 3.26. The van der Waals surface area contributed by atoms with E-state index in [4.69, 9.17) is 18.0 Å². The van der Waals surface area contributed by atoms with Gasteiger partial charge < -0.3 is 16.4 Å². The molecule has 1 aliphatic carbocycles. The molecule has 0 bridgehead atoms. The highest BCUT2D eigenvalue weighted by atomic mass is 32.1. The zero-order valence-corrected chi connectivity index (χ0v) is 12.8. The lowest BCUT2D eigenvalue weighted by molar-refractivity contribution is -0.121. The van der Waals surface area contributed by atoms with Gasteiger partial charge in [0, 0.05) is 23.1 Å². The highest BCUT2D eigenvalue weighted by Gasteiger charge is 2.26. The quantitative estimate of drug-likeness (QED) is 0.715. The van der Waals surface area contributed by atoms with Crippen LogP contribution < -0.4 is 16.4 Å². The van der Waals surface area contributed by atoms with Gasteiger partial charge in [0.05, 0.1) is 5.56 Å². The van der Waals surface area contributed by atoms with Crippen LogP contribution >= 0.6 is 12.2 Å². The lowest BCUT2D eigenvalue weighted by atomic mass is 10.1. The minimum atomic E-state index is -0.343. The zero-order chi connectivity index (χ0) is 14.9. The highest BCUT2D eigenvalue weighted by Crippen LogP contribution is 2.22. The number of aryl methyl sites for hydroxylation is 2. The third kappa shape index (κ3) is 3.45. The van der Waals surface area contributed by atoms with Crippen molar-refractivity contribution in [2.75, 3.05) is 5.32 Å². The number of hydrogen-bond donors (Lipinski definition) is 3. The van der Waals surface area contributed by atoms with Crippen LogP contribution in [0.2, 0.25) is 0 Å². The number of thiocarbonyl (C=S) groups is 1. The Kier molecular flexibility index (Phi) is 4.23. The molecule has 1 saturated carbocycles. The molecule has 0 saturated heterocycles. The summed E-state index contributed by atoms with van der Waals surface area (Å²) in [5.41, 5.74) is 8.86. The first kappa shape index (κ1) is 14.7. The Hall–Kier alpha value is -1.69. The molecule has 1 aromatic heterocycles. The van der Waals surface area contributed by atoms with Gasteiger partial charge in [-0.15, -0.1) is 0 Å². The maximum atomic E-state index is 12.0. The molecule has 0 spiro atoms. The Morgan fingerprint density at radius 1 is 1.50 bits per heavy atom. The Balaban J connectivity index is 2.18. The van der Waals surface area contributed by atoms with Gasteiger partial charge in [0.1, 0.15) is 11.0 Å². The molecule has 1 amide bonds. The van der Waals surface area contributed by atoms with Crippen LogP contribution in [0.4, 0.5) is 5.69 Å². The molecule has 20 heavy (non-hydrogen) atoms. The molecule has 1 aliphatic rings. The molecule has 1 atom stereocenters. The Bertz CT molecular complexity index is 554. The molecule has 0 aliphatic heterocycles. The average Bonchev–Trinajstić information content (AvgIpc) is 3.10. The molecule has 0 radical (unpaired) electrons. The first-order valence-electron chi connectivity index (χ1n) is 6.73. The zero-order valence-electron chi connectivity index (χ0n) is 12.0. The fourth-order valence-corrected chi connectivity index (χ4v) is 2.36. The van der Waals surface area contributed by atoms with E-state index in [-0.39, 0.29) is 16.9 Å². The summed E-state index contributed by atoms with van der Waals surface area (Å²) in [6, 6.07) is 1.87. The summed E-state index contributed by atoms with van der Waals surface area (Å²) in [5, 5.41) is 6.16. The molecule has 0 aromatic carbocycles. The van der Waals surface area contributed by atoms with Crippen molar-refractivity contribution >= 4 is 28.8 Å². The predicted molar refractivity (Wildman–Crippen MR) is 83.8 cm³/mol.